The number of likely N-dealkylation sites (tertiary alicyclic amines) is 1. The summed E-state index contributed by atoms with van der Waals surface area (Å²) in [5.74, 6) is 0.623. The highest BCUT2D eigenvalue weighted by Crippen LogP contribution is 2.30. The Morgan fingerprint density at radius 3 is 2.44 bits per heavy atom. The van der Waals surface area contributed by atoms with Gasteiger partial charge in [0.15, 0.2) is 5.58 Å². The number of amides is 1. The summed E-state index contributed by atoms with van der Waals surface area (Å²) < 4.78 is 44.2. The smallest absolute Gasteiger partial charge is 0.416 e. The van der Waals surface area contributed by atoms with Gasteiger partial charge in [-0.25, -0.2) is 4.98 Å². The Morgan fingerprint density at radius 2 is 1.79 bits per heavy atom. The molecule has 1 aliphatic rings. The van der Waals surface area contributed by atoms with Crippen LogP contribution in [0.3, 0.4) is 0 Å². The van der Waals surface area contributed by atoms with E-state index in [1.54, 1.807) is 36.4 Å². The molecule has 5 rings (SSSR count). The fraction of sp³-hybridized carbons (Fsp3) is 0.300. The summed E-state index contributed by atoms with van der Waals surface area (Å²) in [4.78, 5) is 19.5. The summed E-state index contributed by atoms with van der Waals surface area (Å²) in [7, 11) is 0. The van der Waals surface area contributed by atoms with Gasteiger partial charge in [0.2, 0.25) is 5.89 Å². The van der Waals surface area contributed by atoms with Crippen LogP contribution in [0.5, 0.6) is 0 Å². The van der Waals surface area contributed by atoms with Crippen LogP contribution < -0.4 is 5.32 Å². The van der Waals surface area contributed by atoms with E-state index in [0.29, 0.717) is 47.1 Å². The van der Waals surface area contributed by atoms with Crippen molar-refractivity contribution >= 4 is 17.0 Å². The van der Waals surface area contributed by atoms with Crippen LogP contribution in [0.15, 0.2) is 65.1 Å². The molecule has 0 aliphatic carbocycles. The van der Waals surface area contributed by atoms with Gasteiger partial charge in [0.25, 0.3) is 5.91 Å². The number of carbonyl (C=O) groups excluding carboxylic acids is 1. The number of rotatable bonds is 6. The lowest BCUT2D eigenvalue weighted by Gasteiger charge is -2.32. The maximum atomic E-state index is 12.8. The van der Waals surface area contributed by atoms with Crippen molar-refractivity contribution in [1.82, 2.24) is 15.2 Å². The van der Waals surface area contributed by atoms with E-state index in [2.05, 4.69) is 21.3 Å². The van der Waals surface area contributed by atoms with E-state index in [1.165, 1.54) is 12.1 Å². The Hall–Kier alpha value is -4.16. The number of nitrogens with zero attached hydrogens (tertiary/aromatic N) is 3. The van der Waals surface area contributed by atoms with Crippen LogP contribution in [0.4, 0.5) is 13.2 Å². The zero-order chi connectivity index (χ0) is 27.6. The average Bonchev–Trinajstić information content (AvgIpc) is 3.37. The highest BCUT2D eigenvalue weighted by molar-refractivity contribution is 5.94. The average molecular weight is 533 g/mol. The Balaban J connectivity index is 1.11. The summed E-state index contributed by atoms with van der Waals surface area (Å²) in [5.41, 5.74) is 4.12. The van der Waals surface area contributed by atoms with E-state index in [4.69, 9.17) is 4.42 Å². The van der Waals surface area contributed by atoms with Gasteiger partial charge in [0.05, 0.1) is 17.2 Å². The molecule has 1 saturated heterocycles. The van der Waals surface area contributed by atoms with Gasteiger partial charge in [0, 0.05) is 24.2 Å². The molecule has 0 unspecified atom stereocenters. The second kappa shape index (κ2) is 10.9. The third-order valence-corrected chi connectivity index (χ3v) is 7.14. The Kier molecular flexibility index (Phi) is 7.40. The van der Waals surface area contributed by atoms with Crippen molar-refractivity contribution in [2.75, 3.05) is 19.6 Å². The zero-order valence-electron chi connectivity index (χ0n) is 21.4. The van der Waals surface area contributed by atoms with Gasteiger partial charge < -0.3 is 9.73 Å². The van der Waals surface area contributed by atoms with Gasteiger partial charge in [-0.2, -0.15) is 18.4 Å². The molecule has 3 aromatic carbocycles. The number of aryl methyl sites for hydroxylation is 1. The van der Waals surface area contributed by atoms with Crippen molar-refractivity contribution < 1.29 is 22.4 Å². The molecule has 1 N–H and O–H groups in total. The van der Waals surface area contributed by atoms with Crippen molar-refractivity contribution in [3.8, 4) is 17.5 Å². The molecule has 0 atom stereocenters. The monoisotopic (exact) mass is 532 g/mol. The Bertz CT molecular complexity index is 1510. The number of alkyl halides is 3. The first-order chi connectivity index (χ1) is 18.7. The normalized spacial score (nSPS) is 14.8. The van der Waals surface area contributed by atoms with Crippen molar-refractivity contribution in [3.63, 3.8) is 0 Å². The predicted molar refractivity (Wildman–Crippen MR) is 141 cm³/mol. The van der Waals surface area contributed by atoms with Gasteiger partial charge in [-0.15, -0.1) is 0 Å². The fourth-order valence-electron chi connectivity index (χ4n) is 4.90. The number of fused-ring (bicyclic) bond motifs is 1. The van der Waals surface area contributed by atoms with Gasteiger partial charge in [-0.05, 0) is 98.4 Å². The lowest BCUT2D eigenvalue weighted by atomic mass is 9.96. The highest BCUT2D eigenvalue weighted by atomic mass is 19.4. The Morgan fingerprint density at radius 1 is 1.10 bits per heavy atom. The number of hydrogen-bond acceptors (Lipinski definition) is 5. The quantitative estimate of drug-likeness (QED) is 0.314. The van der Waals surface area contributed by atoms with Crippen LogP contribution in [0, 0.1) is 24.2 Å². The van der Waals surface area contributed by atoms with Gasteiger partial charge in [-0.1, -0.05) is 12.1 Å². The number of benzene rings is 3. The van der Waals surface area contributed by atoms with Crippen molar-refractivity contribution in [1.29, 1.82) is 5.26 Å². The van der Waals surface area contributed by atoms with E-state index in [0.717, 1.165) is 54.8 Å². The Labute approximate surface area is 224 Å². The SMILES string of the molecule is Cc1cc(C#N)cc2nc(-c3ccc(C(=O)NCC4CCN(Cc5ccc(C(F)(F)F)cc5)CC4)cc3)oc12. The number of aromatic nitrogens is 1. The molecule has 39 heavy (non-hydrogen) atoms. The van der Waals surface area contributed by atoms with E-state index >= 15 is 0 Å². The molecule has 0 saturated carbocycles. The number of piperidine rings is 1. The van der Waals surface area contributed by atoms with Crippen molar-refractivity contribution in [2.45, 2.75) is 32.5 Å². The lowest BCUT2D eigenvalue weighted by Crippen LogP contribution is -2.38. The second-order valence-corrected chi connectivity index (χ2v) is 9.97. The molecule has 1 fully saturated rings. The molecular formula is C30H27F3N4O2. The van der Waals surface area contributed by atoms with Crippen LogP contribution in [-0.4, -0.2) is 35.4 Å². The van der Waals surface area contributed by atoms with Gasteiger partial charge >= 0.3 is 6.18 Å². The van der Waals surface area contributed by atoms with Crippen LogP contribution in [0.25, 0.3) is 22.6 Å². The van der Waals surface area contributed by atoms with E-state index < -0.39 is 11.7 Å². The first-order valence-corrected chi connectivity index (χ1v) is 12.8. The van der Waals surface area contributed by atoms with E-state index in [-0.39, 0.29) is 5.91 Å². The minimum Gasteiger partial charge on any atom is -0.436 e. The predicted octanol–water partition coefficient (Wildman–Crippen LogP) is 6.34. The third kappa shape index (κ3) is 6.13. The van der Waals surface area contributed by atoms with Crippen LogP contribution >= 0.6 is 0 Å². The molecule has 0 bridgehead atoms. The van der Waals surface area contributed by atoms with Crippen LogP contribution in [0.2, 0.25) is 0 Å². The number of nitriles is 1. The number of hydrogen-bond donors (Lipinski definition) is 1. The molecule has 2 heterocycles. The summed E-state index contributed by atoms with van der Waals surface area (Å²) in [6, 6.07) is 18.0. The fourth-order valence-corrected chi connectivity index (χ4v) is 4.90. The van der Waals surface area contributed by atoms with E-state index in [1.807, 2.05) is 6.92 Å². The summed E-state index contributed by atoms with van der Waals surface area (Å²) >= 11 is 0. The van der Waals surface area contributed by atoms with Crippen LogP contribution in [-0.2, 0) is 12.7 Å². The zero-order valence-corrected chi connectivity index (χ0v) is 21.4. The molecule has 0 radical (unpaired) electrons. The molecule has 200 valence electrons. The number of halogens is 3. The first-order valence-electron chi connectivity index (χ1n) is 12.8. The number of carbonyl (C=O) groups is 1. The minimum atomic E-state index is -4.32. The second-order valence-electron chi connectivity index (χ2n) is 9.97. The standard InChI is InChI=1S/C30H27F3N4O2/c1-19-14-22(16-34)15-26-27(19)39-29(36-26)24-6-4-23(5-7-24)28(38)35-17-20-10-12-37(13-11-20)18-21-2-8-25(9-3-21)30(31,32)33/h2-9,14-15,20H,10-13,17-18H2,1H3,(H,35,38). The molecule has 6 nitrogen and oxygen atoms in total. The number of oxazole rings is 1. The molecule has 1 aromatic heterocycles. The van der Waals surface area contributed by atoms with Gasteiger partial charge in [0.1, 0.15) is 5.52 Å². The van der Waals surface area contributed by atoms with Crippen LogP contribution in [0.1, 0.15) is 45.5 Å². The van der Waals surface area contributed by atoms with Crippen molar-refractivity contribution in [2.24, 2.45) is 5.92 Å². The van der Waals surface area contributed by atoms with Gasteiger partial charge in [-0.3, -0.25) is 9.69 Å². The molecule has 4 aromatic rings. The number of nitrogens with one attached hydrogen (secondary N) is 1. The van der Waals surface area contributed by atoms with E-state index in [9.17, 15) is 23.2 Å². The molecule has 0 spiro atoms. The minimum absolute atomic E-state index is 0.152. The first kappa shape index (κ1) is 26.4. The van der Waals surface area contributed by atoms with Crippen molar-refractivity contribution in [3.05, 3.63) is 88.5 Å². The molecular weight excluding hydrogens is 505 g/mol. The summed E-state index contributed by atoms with van der Waals surface area (Å²) in [5, 5.41) is 12.2. The highest BCUT2D eigenvalue weighted by Gasteiger charge is 2.30. The summed E-state index contributed by atoms with van der Waals surface area (Å²) in [6.07, 6.45) is -2.51. The lowest BCUT2D eigenvalue weighted by molar-refractivity contribution is -0.137. The maximum Gasteiger partial charge on any atom is 0.416 e. The molecule has 1 aliphatic heterocycles. The molecule has 9 heteroatoms. The third-order valence-electron chi connectivity index (χ3n) is 7.14. The summed E-state index contributed by atoms with van der Waals surface area (Å²) in [6.45, 7) is 4.71. The maximum absolute atomic E-state index is 12.8. The molecule has 1 amide bonds. The largest absolute Gasteiger partial charge is 0.436 e. The topological polar surface area (TPSA) is 82.2 Å².